The number of fused-ring (bicyclic) bond motifs is 1. The zero-order valence-corrected chi connectivity index (χ0v) is 16.6. The average Bonchev–Trinajstić information content (AvgIpc) is 3.40. The van der Waals surface area contributed by atoms with Crippen molar-refractivity contribution in [2.24, 2.45) is 0 Å². The second-order valence-electron chi connectivity index (χ2n) is 6.91. The molecule has 0 radical (unpaired) electrons. The Balaban J connectivity index is 1.22. The fourth-order valence-electron chi connectivity index (χ4n) is 3.30. The van der Waals surface area contributed by atoms with Crippen LogP contribution in [-0.2, 0) is 9.59 Å². The van der Waals surface area contributed by atoms with Gasteiger partial charge in [-0.3, -0.25) is 14.4 Å². The maximum atomic E-state index is 12.4. The molecular formula is C22H20N6O3. The summed E-state index contributed by atoms with van der Waals surface area (Å²) in [5, 5.41) is 9.32. The number of hydrogen-bond acceptors (Lipinski definition) is 5. The van der Waals surface area contributed by atoms with Gasteiger partial charge in [0.15, 0.2) is 0 Å². The predicted molar refractivity (Wildman–Crippen MR) is 114 cm³/mol. The van der Waals surface area contributed by atoms with Crippen LogP contribution in [0.5, 0.6) is 0 Å². The highest BCUT2D eigenvalue weighted by Crippen LogP contribution is 2.30. The number of aromatic nitrogens is 3. The van der Waals surface area contributed by atoms with Crippen molar-refractivity contribution in [2.75, 3.05) is 18.4 Å². The first-order valence-electron chi connectivity index (χ1n) is 9.65. The van der Waals surface area contributed by atoms with E-state index in [-0.39, 0.29) is 37.2 Å². The highest BCUT2D eigenvalue weighted by atomic mass is 16.2. The van der Waals surface area contributed by atoms with Gasteiger partial charge in [0.05, 0.1) is 12.2 Å². The summed E-state index contributed by atoms with van der Waals surface area (Å²) in [5.41, 5.74) is 3.36. The van der Waals surface area contributed by atoms with Crippen LogP contribution in [0.2, 0.25) is 0 Å². The minimum absolute atomic E-state index is 0.0681. The topological polar surface area (TPSA) is 109 Å². The van der Waals surface area contributed by atoms with Crippen molar-refractivity contribution >= 4 is 29.1 Å². The van der Waals surface area contributed by atoms with Crippen LogP contribution in [0.25, 0.3) is 11.4 Å². The summed E-state index contributed by atoms with van der Waals surface area (Å²) in [6, 6.07) is 14.3. The predicted octanol–water partition coefficient (Wildman–Crippen LogP) is 1.84. The lowest BCUT2D eigenvalue weighted by molar-refractivity contribution is -0.124. The SMILES string of the molecule is C=C1c2ccccc2C(=O)N1CCC(=O)NCC(=O)Nc1ccc(-n2cncn2)cc1. The zero-order chi connectivity index (χ0) is 21.8. The van der Waals surface area contributed by atoms with E-state index in [0.717, 1.165) is 11.3 Å². The molecule has 156 valence electrons. The number of carbonyl (C=O) groups is 3. The maximum absolute atomic E-state index is 12.4. The molecule has 9 heteroatoms. The van der Waals surface area contributed by atoms with E-state index in [4.69, 9.17) is 0 Å². The molecule has 0 atom stereocenters. The Kier molecular flexibility index (Phi) is 5.57. The van der Waals surface area contributed by atoms with E-state index in [1.165, 1.54) is 11.2 Å². The molecule has 1 aliphatic heterocycles. The average molecular weight is 416 g/mol. The van der Waals surface area contributed by atoms with Gasteiger partial charge in [-0.25, -0.2) is 9.67 Å². The highest BCUT2D eigenvalue weighted by molar-refractivity contribution is 6.09. The van der Waals surface area contributed by atoms with Crippen molar-refractivity contribution in [1.29, 1.82) is 0 Å². The van der Waals surface area contributed by atoms with Gasteiger partial charge in [-0.1, -0.05) is 24.8 Å². The summed E-state index contributed by atoms with van der Waals surface area (Å²) in [6.45, 7) is 3.98. The number of amides is 3. The van der Waals surface area contributed by atoms with Gasteiger partial charge in [-0.05, 0) is 30.3 Å². The lowest BCUT2D eigenvalue weighted by Gasteiger charge is -2.17. The van der Waals surface area contributed by atoms with E-state index >= 15 is 0 Å². The Bertz CT molecular complexity index is 1100. The molecular weight excluding hydrogens is 396 g/mol. The summed E-state index contributed by atoms with van der Waals surface area (Å²) in [4.78, 5) is 42.1. The Labute approximate surface area is 178 Å². The van der Waals surface area contributed by atoms with Crippen molar-refractivity contribution in [3.8, 4) is 5.69 Å². The molecule has 31 heavy (non-hydrogen) atoms. The molecule has 0 aliphatic carbocycles. The summed E-state index contributed by atoms with van der Waals surface area (Å²) in [6.07, 6.45) is 3.08. The smallest absolute Gasteiger partial charge is 0.258 e. The monoisotopic (exact) mass is 416 g/mol. The number of nitrogens with zero attached hydrogens (tertiary/aromatic N) is 4. The van der Waals surface area contributed by atoms with Crippen molar-refractivity contribution in [2.45, 2.75) is 6.42 Å². The second-order valence-corrected chi connectivity index (χ2v) is 6.91. The van der Waals surface area contributed by atoms with Gasteiger partial charge >= 0.3 is 0 Å². The molecule has 1 aromatic heterocycles. The van der Waals surface area contributed by atoms with Gasteiger partial charge in [0.2, 0.25) is 11.8 Å². The van der Waals surface area contributed by atoms with Crippen LogP contribution in [0, 0.1) is 0 Å². The normalized spacial score (nSPS) is 12.6. The van der Waals surface area contributed by atoms with Gasteiger partial charge in [-0.15, -0.1) is 0 Å². The first-order chi connectivity index (χ1) is 15.0. The number of anilines is 1. The minimum atomic E-state index is -0.351. The largest absolute Gasteiger partial charge is 0.347 e. The molecule has 0 saturated heterocycles. The van der Waals surface area contributed by atoms with E-state index < -0.39 is 0 Å². The van der Waals surface area contributed by atoms with Gasteiger partial charge in [-0.2, -0.15) is 5.10 Å². The molecule has 3 amide bonds. The molecule has 0 saturated carbocycles. The number of benzene rings is 2. The number of rotatable bonds is 7. The van der Waals surface area contributed by atoms with E-state index in [9.17, 15) is 14.4 Å². The summed E-state index contributed by atoms with van der Waals surface area (Å²) < 4.78 is 1.60. The van der Waals surface area contributed by atoms with Crippen LogP contribution in [-0.4, -0.2) is 50.5 Å². The molecule has 2 N–H and O–H groups in total. The van der Waals surface area contributed by atoms with Gasteiger partial charge in [0.1, 0.15) is 12.7 Å². The van der Waals surface area contributed by atoms with E-state index in [0.29, 0.717) is 16.9 Å². The lowest BCUT2D eigenvalue weighted by Crippen LogP contribution is -2.35. The summed E-state index contributed by atoms with van der Waals surface area (Å²) in [5.74, 6) is -0.843. The summed E-state index contributed by atoms with van der Waals surface area (Å²) >= 11 is 0. The van der Waals surface area contributed by atoms with Crippen molar-refractivity contribution in [3.05, 3.63) is 78.9 Å². The van der Waals surface area contributed by atoms with E-state index in [1.807, 2.05) is 12.1 Å². The van der Waals surface area contributed by atoms with Crippen molar-refractivity contribution < 1.29 is 14.4 Å². The molecule has 4 rings (SSSR count). The molecule has 2 heterocycles. The van der Waals surface area contributed by atoms with Crippen LogP contribution in [0.1, 0.15) is 22.3 Å². The van der Waals surface area contributed by atoms with Crippen molar-refractivity contribution in [1.82, 2.24) is 25.0 Å². The standard InChI is InChI=1S/C22H20N6O3/c1-15-18-4-2-3-5-19(18)22(31)27(15)11-10-20(29)24-12-21(30)26-16-6-8-17(9-7-16)28-14-23-13-25-28/h2-9,13-14H,1,10-12H2,(H,24,29)(H,26,30). The Morgan fingerprint density at radius 1 is 1.00 bits per heavy atom. The second kappa shape index (κ2) is 8.62. The Hall–Kier alpha value is -4.27. The third-order valence-electron chi connectivity index (χ3n) is 4.88. The minimum Gasteiger partial charge on any atom is -0.347 e. The third-order valence-corrected chi connectivity index (χ3v) is 4.88. The maximum Gasteiger partial charge on any atom is 0.258 e. The molecule has 0 spiro atoms. The summed E-state index contributed by atoms with van der Waals surface area (Å²) in [7, 11) is 0. The number of carbonyl (C=O) groups excluding carboxylic acids is 3. The quantitative estimate of drug-likeness (QED) is 0.611. The third kappa shape index (κ3) is 4.35. The molecule has 1 aliphatic rings. The molecule has 9 nitrogen and oxygen atoms in total. The fourth-order valence-corrected chi connectivity index (χ4v) is 3.30. The fraction of sp³-hybridized carbons (Fsp3) is 0.136. The van der Waals surface area contributed by atoms with Crippen LogP contribution in [0.15, 0.2) is 67.8 Å². The molecule has 2 aromatic carbocycles. The molecule has 0 bridgehead atoms. The number of nitrogens with one attached hydrogen (secondary N) is 2. The molecule has 3 aromatic rings. The van der Waals surface area contributed by atoms with Gasteiger partial charge < -0.3 is 15.5 Å². The Morgan fingerprint density at radius 3 is 2.42 bits per heavy atom. The Morgan fingerprint density at radius 2 is 1.74 bits per heavy atom. The molecule has 0 unspecified atom stereocenters. The van der Waals surface area contributed by atoms with Crippen LogP contribution < -0.4 is 10.6 Å². The van der Waals surface area contributed by atoms with Gasteiger partial charge in [0.25, 0.3) is 5.91 Å². The molecule has 0 fully saturated rings. The van der Waals surface area contributed by atoms with Crippen LogP contribution in [0.3, 0.4) is 0 Å². The number of hydrogen-bond donors (Lipinski definition) is 2. The van der Waals surface area contributed by atoms with Crippen LogP contribution >= 0.6 is 0 Å². The lowest BCUT2D eigenvalue weighted by atomic mass is 10.1. The van der Waals surface area contributed by atoms with E-state index in [2.05, 4.69) is 27.3 Å². The first-order valence-corrected chi connectivity index (χ1v) is 9.65. The van der Waals surface area contributed by atoms with Gasteiger partial charge in [0, 0.05) is 35.5 Å². The first kappa shape index (κ1) is 20.0. The van der Waals surface area contributed by atoms with Crippen molar-refractivity contribution in [3.63, 3.8) is 0 Å². The highest BCUT2D eigenvalue weighted by Gasteiger charge is 2.30. The van der Waals surface area contributed by atoms with E-state index in [1.54, 1.807) is 47.4 Å². The van der Waals surface area contributed by atoms with Crippen LogP contribution in [0.4, 0.5) is 5.69 Å². The zero-order valence-electron chi connectivity index (χ0n) is 16.6.